The topological polar surface area (TPSA) is 60.8 Å². The fraction of sp³-hybridized carbons (Fsp3) is 0.364. The molecule has 1 aromatic carbocycles. The van der Waals surface area contributed by atoms with E-state index in [2.05, 4.69) is 12.6 Å². The number of carbonyl (C=O) groups is 1. The van der Waals surface area contributed by atoms with Crippen LogP contribution in [-0.4, -0.2) is 47.3 Å². The molecular formula is C11H15NO3S. The van der Waals surface area contributed by atoms with Gasteiger partial charge in [-0.15, -0.1) is 12.6 Å². The lowest BCUT2D eigenvalue weighted by Crippen LogP contribution is -2.36. The number of rotatable bonds is 5. The SMILES string of the molecule is O=C(c1ccccc1S)N(CCO)CCO. The van der Waals surface area contributed by atoms with Gasteiger partial charge < -0.3 is 15.1 Å². The van der Waals surface area contributed by atoms with Crippen LogP contribution in [-0.2, 0) is 0 Å². The number of aliphatic hydroxyl groups is 2. The molecule has 0 unspecified atom stereocenters. The van der Waals surface area contributed by atoms with Gasteiger partial charge in [-0.1, -0.05) is 12.1 Å². The Morgan fingerprint density at radius 1 is 1.19 bits per heavy atom. The van der Waals surface area contributed by atoms with Gasteiger partial charge in [0.2, 0.25) is 0 Å². The van der Waals surface area contributed by atoms with E-state index >= 15 is 0 Å². The molecule has 1 aromatic rings. The standard InChI is InChI=1S/C11H15NO3S/c13-7-5-12(6-8-14)11(15)9-3-1-2-4-10(9)16/h1-4,13-14,16H,5-8H2. The van der Waals surface area contributed by atoms with Gasteiger partial charge in [-0.05, 0) is 12.1 Å². The highest BCUT2D eigenvalue weighted by atomic mass is 32.1. The summed E-state index contributed by atoms with van der Waals surface area (Å²) in [5.41, 5.74) is 0.479. The molecule has 2 N–H and O–H groups in total. The number of nitrogens with zero attached hydrogens (tertiary/aromatic N) is 1. The van der Waals surface area contributed by atoms with Gasteiger partial charge in [0.25, 0.3) is 5.91 Å². The number of aliphatic hydroxyl groups excluding tert-OH is 2. The Kier molecular flexibility index (Phi) is 5.31. The number of thiol groups is 1. The van der Waals surface area contributed by atoms with E-state index in [1.54, 1.807) is 24.3 Å². The third-order valence-corrected chi connectivity index (χ3v) is 2.55. The Hall–Kier alpha value is -1.04. The third kappa shape index (κ3) is 3.23. The molecule has 0 saturated heterocycles. The van der Waals surface area contributed by atoms with Crippen LogP contribution in [0.2, 0.25) is 0 Å². The molecule has 0 aliphatic rings. The monoisotopic (exact) mass is 241 g/mol. The Morgan fingerprint density at radius 3 is 2.25 bits per heavy atom. The summed E-state index contributed by atoms with van der Waals surface area (Å²) in [4.78, 5) is 14.0. The van der Waals surface area contributed by atoms with Crippen LogP contribution in [0.4, 0.5) is 0 Å². The van der Waals surface area contributed by atoms with Crippen LogP contribution < -0.4 is 0 Å². The summed E-state index contributed by atoms with van der Waals surface area (Å²) < 4.78 is 0. The maximum atomic E-state index is 12.0. The predicted molar refractivity (Wildman–Crippen MR) is 63.8 cm³/mol. The van der Waals surface area contributed by atoms with Crippen molar-refractivity contribution in [2.75, 3.05) is 26.3 Å². The molecule has 88 valence electrons. The van der Waals surface area contributed by atoms with Crippen molar-refractivity contribution in [2.24, 2.45) is 0 Å². The maximum Gasteiger partial charge on any atom is 0.255 e. The van der Waals surface area contributed by atoms with E-state index in [0.29, 0.717) is 10.5 Å². The molecule has 0 aliphatic carbocycles. The normalized spacial score (nSPS) is 10.2. The number of amides is 1. The van der Waals surface area contributed by atoms with Gasteiger partial charge in [0.15, 0.2) is 0 Å². The van der Waals surface area contributed by atoms with Crippen LogP contribution >= 0.6 is 12.6 Å². The van der Waals surface area contributed by atoms with Gasteiger partial charge in [-0.2, -0.15) is 0 Å². The lowest BCUT2D eigenvalue weighted by atomic mass is 10.2. The number of carbonyl (C=O) groups excluding carboxylic acids is 1. The number of hydrogen-bond donors (Lipinski definition) is 3. The molecule has 1 amide bonds. The van der Waals surface area contributed by atoms with E-state index in [1.807, 2.05) is 0 Å². The van der Waals surface area contributed by atoms with Crippen molar-refractivity contribution in [1.82, 2.24) is 4.90 Å². The van der Waals surface area contributed by atoms with Crippen LogP contribution in [0, 0.1) is 0 Å². The number of hydrogen-bond acceptors (Lipinski definition) is 4. The zero-order chi connectivity index (χ0) is 12.0. The van der Waals surface area contributed by atoms with Crippen LogP contribution in [0.1, 0.15) is 10.4 Å². The molecule has 5 heteroatoms. The first-order valence-electron chi connectivity index (χ1n) is 4.99. The smallest absolute Gasteiger partial charge is 0.255 e. The Labute approximate surface area is 99.9 Å². The summed E-state index contributed by atoms with van der Waals surface area (Å²) in [7, 11) is 0. The molecule has 0 saturated carbocycles. The van der Waals surface area contributed by atoms with Crippen molar-refractivity contribution in [3.05, 3.63) is 29.8 Å². The first kappa shape index (κ1) is 13.0. The average Bonchev–Trinajstić information content (AvgIpc) is 2.28. The van der Waals surface area contributed by atoms with Crippen LogP contribution in [0.15, 0.2) is 29.2 Å². The molecule has 0 atom stereocenters. The maximum absolute atomic E-state index is 12.0. The van der Waals surface area contributed by atoms with Crippen LogP contribution in [0.3, 0.4) is 0 Å². The van der Waals surface area contributed by atoms with Crippen LogP contribution in [0.5, 0.6) is 0 Å². The molecular weight excluding hydrogens is 226 g/mol. The zero-order valence-corrected chi connectivity index (χ0v) is 9.73. The van der Waals surface area contributed by atoms with Crippen LogP contribution in [0.25, 0.3) is 0 Å². The summed E-state index contributed by atoms with van der Waals surface area (Å²) in [6.45, 7) is 0.171. The fourth-order valence-corrected chi connectivity index (χ4v) is 1.64. The second kappa shape index (κ2) is 6.52. The molecule has 1 rings (SSSR count). The highest BCUT2D eigenvalue weighted by molar-refractivity contribution is 7.80. The lowest BCUT2D eigenvalue weighted by molar-refractivity contribution is 0.0681. The molecule has 0 spiro atoms. The second-order valence-electron chi connectivity index (χ2n) is 3.26. The summed E-state index contributed by atoms with van der Waals surface area (Å²) >= 11 is 4.20. The van der Waals surface area contributed by atoms with E-state index in [9.17, 15) is 4.79 Å². The summed E-state index contributed by atoms with van der Waals surface area (Å²) in [6.07, 6.45) is 0. The van der Waals surface area contributed by atoms with E-state index in [1.165, 1.54) is 4.90 Å². The predicted octanol–water partition coefficient (Wildman–Crippen LogP) is 0.402. The number of benzene rings is 1. The minimum atomic E-state index is -0.228. The molecule has 4 nitrogen and oxygen atoms in total. The van der Waals surface area contributed by atoms with Gasteiger partial charge in [-0.25, -0.2) is 0 Å². The first-order valence-corrected chi connectivity index (χ1v) is 5.44. The van der Waals surface area contributed by atoms with Crippen molar-refractivity contribution in [1.29, 1.82) is 0 Å². The van der Waals surface area contributed by atoms with Crippen molar-refractivity contribution in [2.45, 2.75) is 4.90 Å². The minimum Gasteiger partial charge on any atom is -0.395 e. The molecule has 16 heavy (non-hydrogen) atoms. The van der Waals surface area contributed by atoms with Crippen molar-refractivity contribution in [3.63, 3.8) is 0 Å². The van der Waals surface area contributed by atoms with E-state index in [4.69, 9.17) is 10.2 Å². The third-order valence-electron chi connectivity index (χ3n) is 2.16. The molecule has 0 aliphatic heterocycles. The van der Waals surface area contributed by atoms with Crippen molar-refractivity contribution in [3.8, 4) is 0 Å². The van der Waals surface area contributed by atoms with Gasteiger partial charge in [0.05, 0.1) is 18.8 Å². The largest absolute Gasteiger partial charge is 0.395 e. The molecule has 0 fully saturated rings. The first-order chi connectivity index (χ1) is 7.70. The molecule has 0 radical (unpaired) electrons. The zero-order valence-electron chi connectivity index (χ0n) is 8.83. The molecule has 0 aromatic heterocycles. The highest BCUT2D eigenvalue weighted by Crippen LogP contribution is 2.15. The van der Waals surface area contributed by atoms with Gasteiger partial charge >= 0.3 is 0 Å². The lowest BCUT2D eigenvalue weighted by Gasteiger charge is -2.21. The Bertz CT molecular complexity index is 351. The van der Waals surface area contributed by atoms with E-state index < -0.39 is 0 Å². The molecule has 0 bridgehead atoms. The van der Waals surface area contributed by atoms with Gasteiger partial charge in [-0.3, -0.25) is 4.79 Å². The van der Waals surface area contributed by atoms with E-state index in [0.717, 1.165) is 0 Å². The molecule has 0 heterocycles. The summed E-state index contributed by atoms with van der Waals surface area (Å²) in [5, 5.41) is 17.7. The summed E-state index contributed by atoms with van der Waals surface area (Å²) in [5.74, 6) is -0.228. The Balaban J connectivity index is 2.85. The van der Waals surface area contributed by atoms with Crippen molar-refractivity contribution >= 4 is 18.5 Å². The highest BCUT2D eigenvalue weighted by Gasteiger charge is 2.16. The minimum absolute atomic E-state index is 0.125. The van der Waals surface area contributed by atoms with E-state index in [-0.39, 0.29) is 32.2 Å². The fourth-order valence-electron chi connectivity index (χ4n) is 1.38. The average molecular weight is 241 g/mol. The van der Waals surface area contributed by atoms with Gasteiger partial charge in [0, 0.05) is 18.0 Å². The van der Waals surface area contributed by atoms with Gasteiger partial charge in [0.1, 0.15) is 0 Å². The quantitative estimate of drug-likeness (QED) is 0.654. The summed E-state index contributed by atoms with van der Waals surface area (Å²) in [6, 6.07) is 6.95. The Morgan fingerprint density at radius 2 is 1.75 bits per heavy atom. The second-order valence-corrected chi connectivity index (χ2v) is 3.74. The van der Waals surface area contributed by atoms with Crippen molar-refractivity contribution < 1.29 is 15.0 Å².